The van der Waals surface area contributed by atoms with E-state index in [4.69, 9.17) is 14.2 Å². The van der Waals surface area contributed by atoms with Crippen LogP contribution in [-0.4, -0.2) is 81.5 Å². The number of ether oxygens (including phenoxy) is 3. The molecule has 1 N–H and O–H groups in total. The zero-order chi connectivity index (χ0) is 21.5. The number of benzene rings is 2. The molecule has 0 radical (unpaired) electrons. The largest absolute Gasteiger partial charge is 0.497 e. The van der Waals surface area contributed by atoms with Crippen molar-refractivity contribution in [2.45, 2.75) is 18.7 Å². The second kappa shape index (κ2) is 10.5. The molecule has 2 saturated heterocycles. The third-order valence-electron chi connectivity index (χ3n) is 5.85. The highest BCUT2D eigenvalue weighted by atomic mass is 16.5. The van der Waals surface area contributed by atoms with Crippen molar-refractivity contribution in [3.05, 3.63) is 60.2 Å². The molecule has 2 aromatic carbocycles. The van der Waals surface area contributed by atoms with Gasteiger partial charge in [-0.3, -0.25) is 9.89 Å². The van der Waals surface area contributed by atoms with Crippen LogP contribution in [0, 0.1) is 0 Å². The second-order valence-corrected chi connectivity index (χ2v) is 7.84. The van der Waals surface area contributed by atoms with Crippen molar-refractivity contribution in [1.29, 1.82) is 0 Å². The summed E-state index contributed by atoms with van der Waals surface area (Å²) in [5.41, 5.74) is 1.35. The third kappa shape index (κ3) is 5.48. The van der Waals surface area contributed by atoms with Crippen LogP contribution >= 0.6 is 0 Å². The number of nitrogens with one attached hydrogen (secondary N) is 1. The van der Waals surface area contributed by atoms with E-state index >= 15 is 0 Å². The van der Waals surface area contributed by atoms with Crippen molar-refractivity contribution in [1.82, 2.24) is 15.1 Å². The molecule has 2 aliphatic rings. The van der Waals surface area contributed by atoms with E-state index in [2.05, 4.69) is 50.4 Å². The Balaban J connectivity index is 1.28. The molecule has 2 atom stereocenters. The molecule has 7 nitrogen and oxygen atoms in total. The van der Waals surface area contributed by atoms with E-state index in [1.165, 1.54) is 5.56 Å². The van der Waals surface area contributed by atoms with E-state index in [1.807, 2.05) is 31.3 Å². The van der Waals surface area contributed by atoms with E-state index in [0.29, 0.717) is 19.2 Å². The monoisotopic (exact) mass is 424 g/mol. The van der Waals surface area contributed by atoms with Crippen LogP contribution in [0.2, 0.25) is 0 Å². The summed E-state index contributed by atoms with van der Waals surface area (Å²) in [6.45, 7) is 5.68. The van der Waals surface area contributed by atoms with Crippen LogP contribution in [0.3, 0.4) is 0 Å². The van der Waals surface area contributed by atoms with Gasteiger partial charge in [0, 0.05) is 39.3 Å². The molecule has 0 bridgehead atoms. The van der Waals surface area contributed by atoms with Gasteiger partial charge in [-0.15, -0.1) is 0 Å². The Kier molecular flexibility index (Phi) is 7.27. The first kappa shape index (κ1) is 21.5. The van der Waals surface area contributed by atoms with Gasteiger partial charge in [-0.2, -0.15) is 0 Å². The zero-order valence-electron chi connectivity index (χ0n) is 18.4. The molecular formula is C24H32N4O3. The van der Waals surface area contributed by atoms with Gasteiger partial charge in [0.15, 0.2) is 5.96 Å². The molecule has 2 unspecified atom stereocenters. The lowest BCUT2D eigenvalue weighted by molar-refractivity contribution is -0.0502. The van der Waals surface area contributed by atoms with Gasteiger partial charge in [0.2, 0.25) is 0 Å². The van der Waals surface area contributed by atoms with Crippen molar-refractivity contribution in [2.24, 2.45) is 4.99 Å². The number of guanidine groups is 1. The summed E-state index contributed by atoms with van der Waals surface area (Å²) < 4.78 is 17.2. The van der Waals surface area contributed by atoms with Crippen LogP contribution in [-0.2, 0) is 11.3 Å². The minimum absolute atomic E-state index is 0.212. The van der Waals surface area contributed by atoms with Crippen LogP contribution in [0.15, 0.2) is 59.6 Å². The number of hydrogen-bond donors (Lipinski definition) is 1. The molecule has 0 amide bonds. The minimum atomic E-state index is 0.212. The fraction of sp³-hybridized carbons (Fsp3) is 0.458. The Labute approximate surface area is 184 Å². The molecule has 31 heavy (non-hydrogen) atoms. The average Bonchev–Trinajstić information content (AvgIpc) is 3.25. The summed E-state index contributed by atoms with van der Waals surface area (Å²) in [6, 6.07) is 18.7. The molecule has 7 heteroatoms. The lowest BCUT2D eigenvalue weighted by Crippen LogP contribution is -2.50. The number of aliphatic imine (C=N–C) groups is 1. The molecule has 0 saturated carbocycles. The Bertz CT molecular complexity index is 861. The Hall–Kier alpha value is -2.77. The summed E-state index contributed by atoms with van der Waals surface area (Å²) in [4.78, 5) is 9.33. The first-order valence-corrected chi connectivity index (χ1v) is 10.9. The summed E-state index contributed by atoms with van der Waals surface area (Å²) >= 11 is 0. The first-order valence-electron chi connectivity index (χ1n) is 10.9. The Morgan fingerprint density at radius 2 is 1.97 bits per heavy atom. The van der Waals surface area contributed by atoms with Crippen LogP contribution in [0.5, 0.6) is 11.5 Å². The lowest BCUT2D eigenvalue weighted by atomic mass is 10.1. The normalized spacial score (nSPS) is 21.6. The lowest BCUT2D eigenvalue weighted by Gasteiger charge is -2.36. The minimum Gasteiger partial charge on any atom is -0.497 e. The quantitative estimate of drug-likeness (QED) is 0.418. The maximum absolute atomic E-state index is 6.10. The molecule has 4 rings (SSSR count). The van der Waals surface area contributed by atoms with Gasteiger partial charge in [-0.1, -0.05) is 36.4 Å². The molecule has 0 aromatic heterocycles. The fourth-order valence-corrected chi connectivity index (χ4v) is 4.30. The van der Waals surface area contributed by atoms with Crippen molar-refractivity contribution in [3.8, 4) is 11.5 Å². The summed E-state index contributed by atoms with van der Waals surface area (Å²) in [5, 5.41) is 3.43. The predicted molar refractivity (Wildman–Crippen MR) is 122 cm³/mol. The van der Waals surface area contributed by atoms with Gasteiger partial charge in [0.05, 0.1) is 32.4 Å². The van der Waals surface area contributed by atoms with Crippen LogP contribution in [0.4, 0.5) is 0 Å². The molecule has 0 spiro atoms. The highest BCUT2D eigenvalue weighted by molar-refractivity contribution is 5.80. The highest BCUT2D eigenvalue weighted by Crippen LogP contribution is 2.24. The molecule has 166 valence electrons. The van der Waals surface area contributed by atoms with Gasteiger partial charge < -0.3 is 24.4 Å². The third-order valence-corrected chi connectivity index (χ3v) is 5.85. The fourth-order valence-electron chi connectivity index (χ4n) is 4.30. The molecule has 2 fully saturated rings. The maximum atomic E-state index is 6.10. The summed E-state index contributed by atoms with van der Waals surface area (Å²) in [6.07, 6.45) is 0.212. The van der Waals surface area contributed by atoms with E-state index in [1.54, 1.807) is 7.11 Å². The summed E-state index contributed by atoms with van der Waals surface area (Å²) in [7, 11) is 3.48. The van der Waals surface area contributed by atoms with E-state index in [-0.39, 0.29) is 6.10 Å². The number of hydrogen-bond acceptors (Lipinski definition) is 5. The highest BCUT2D eigenvalue weighted by Gasteiger charge is 2.41. The number of rotatable bonds is 7. The summed E-state index contributed by atoms with van der Waals surface area (Å²) in [5.74, 6) is 2.49. The molecule has 2 aliphatic heterocycles. The van der Waals surface area contributed by atoms with Gasteiger partial charge in [0.25, 0.3) is 0 Å². The maximum Gasteiger partial charge on any atom is 0.193 e. The Morgan fingerprint density at radius 1 is 1.13 bits per heavy atom. The second-order valence-electron chi connectivity index (χ2n) is 7.84. The first-order chi connectivity index (χ1) is 15.3. The van der Waals surface area contributed by atoms with E-state index < -0.39 is 0 Å². The molecule has 2 heterocycles. The number of likely N-dealkylation sites (tertiary alicyclic amines) is 1. The number of nitrogens with zero attached hydrogens (tertiary/aromatic N) is 3. The van der Waals surface area contributed by atoms with Gasteiger partial charge in [0.1, 0.15) is 18.1 Å². The SMILES string of the molecule is CN=C(NCCOc1cccc(OC)c1)N1CC2OCCN(Cc3ccccc3)C2C1. The molecular weight excluding hydrogens is 392 g/mol. The topological polar surface area (TPSA) is 58.6 Å². The Morgan fingerprint density at radius 3 is 2.77 bits per heavy atom. The standard InChI is InChI=1S/C24H32N4O3/c1-25-24(26-11-13-30-21-10-6-9-20(15-21)29-2)28-17-22-23(18-28)31-14-12-27(22)16-19-7-4-3-5-8-19/h3-10,15,22-23H,11-14,16-18H2,1-2H3,(H,25,26). The van der Waals surface area contributed by atoms with Crippen LogP contribution in [0.25, 0.3) is 0 Å². The van der Waals surface area contributed by atoms with Gasteiger partial charge >= 0.3 is 0 Å². The number of morpholine rings is 1. The molecule has 2 aromatic rings. The van der Waals surface area contributed by atoms with Crippen molar-refractivity contribution in [2.75, 3.05) is 53.6 Å². The van der Waals surface area contributed by atoms with Crippen molar-refractivity contribution in [3.63, 3.8) is 0 Å². The van der Waals surface area contributed by atoms with Gasteiger partial charge in [-0.05, 0) is 17.7 Å². The average molecular weight is 425 g/mol. The van der Waals surface area contributed by atoms with Crippen LogP contribution < -0.4 is 14.8 Å². The smallest absolute Gasteiger partial charge is 0.193 e. The predicted octanol–water partition coefficient (Wildman–Crippen LogP) is 2.23. The van der Waals surface area contributed by atoms with E-state index in [0.717, 1.165) is 50.2 Å². The van der Waals surface area contributed by atoms with Gasteiger partial charge in [-0.25, -0.2) is 0 Å². The zero-order valence-corrected chi connectivity index (χ0v) is 18.4. The molecule has 0 aliphatic carbocycles. The number of methoxy groups -OCH3 is 1. The van der Waals surface area contributed by atoms with Crippen LogP contribution in [0.1, 0.15) is 5.56 Å². The van der Waals surface area contributed by atoms with Crippen molar-refractivity contribution < 1.29 is 14.2 Å². The van der Waals surface area contributed by atoms with E-state index in [9.17, 15) is 0 Å². The van der Waals surface area contributed by atoms with Crippen molar-refractivity contribution >= 4 is 5.96 Å². The number of fused-ring (bicyclic) bond motifs is 1.